The quantitative estimate of drug-likeness (QED) is 0.484. The van der Waals surface area contributed by atoms with Crippen LogP contribution in [0.15, 0.2) is 42.5 Å². The van der Waals surface area contributed by atoms with Crippen molar-refractivity contribution in [3.05, 3.63) is 63.7 Å². The van der Waals surface area contributed by atoms with Crippen LogP contribution in [0.5, 0.6) is 5.75 Å². The maximum absolute atomic E-state index is 11.9. The van der Waals surface area contributed by atoms with Crippen LogP contribution in [0.1, 0.15) is 11.1 Å². The summed E-state index contributed by atoms with van der Waals surface area (Å²) < 4.78 is 5.39. The highest BCUT2D eigenvalue weighted by Crippen LogP contribution is 2.24. The second-order valence-electron chi connectivity index (χ2n) is 5.31. The molecule has 8 heteroatoms. The molecule has 0 fully saturated rings. The molecule has 0 unspecified atom stereocenters. The van der Waals surface area contributed by atoms with Crippen molar-refractivity contribution in [2.24, 2.45) is 0 Å². The zero-order chi connectivity index (χ0) is 18.4. The Morgan fingerprint density at radius 3 is 2.64 bits per heavy atom. The third kappa shape index (κ3) is 5.25. The first kappa shape index (κ1) is 18.3. The monoisotopic (exact) mass is 359 g/mol. The molecule has 0 aliphatic carbocycles. The molecule has 2 aromatic carbocycles. The molecule has 0 spiro atoms. The average molecular weight is 359 g/mol. The molecule has 2 N–H and O–H groups in total. The van der Waals surface area contributed by atoms with Gasteiger partial charge in [0.2, 0.25) is 0 Å². The van der Waals surface area contributed by atoms with E-state index in [2.05, 4.69) is 10.6 Å². The lowest BCUT2D eigenvalue weighted by Crippen LogP contribution is -2.37. The van der Waals surface area contributed by atoms with Crippen LogP contribution in [0.2, 0.25) is 0 Å². The lowest BCUT2D eigenvalue weighted by molar-refractivity contribution is -0.385. The van der Waals surface area contributed by atoms with E-state index in [-0.39, 0.29) is 17.4 Å². The summed E-state index contributed by atoms with van der Waals surface area (Å²) in [5, 5.41) is 16.2. The highest BCUT2D eigenvalue weighted by atomic mass is 32.1. The minimum atomic E-state index is -0.474. The molecule has 0 radical (unpaired) electrons. The normalized spacial score (nSPS) is 10.0. The number of aryl methyl sites for hydroxylation is 1. The van der Waals surface area contributed by atoms with E-state index in [4.69, 9.17) is 17.0 Å². The third-order valence-electron chi connectivity index (χ3n) is 3.36. The first-order valence-corrected chi connectivity index (χ1v) is 7.82. The van der Waals surface area contributed by atoms with Crippen LogP contribution in [0.25, 0.3) is 0 Å². The molecular weight excluding hydrogens is 342 g/mol. The van der Waals surface area contributed by atoms with Crippen LogP contribution < -0.4 is 15.4 Å². The molecule has 0 aromatic heterocycles. The van der Waals surface area contributed by atoms with Crippen molar-refractivity contribution in [3.8, 4) is 5.75 Å². The van der Waals surface area contributed by atoms with Gasteiger partial charge in [0.25, 0.3) is 11.6 Å². The fourth-order valence-corrected chi connectivity index (χ4v) is 2.35. The van der Waals surface area contributed by atoms with Gasteiger partial charge in [-0.1, -0.05) is 18.2 Å². The number of carbonyl (C=O) groups is 1. The number of hydrogen-bond donors (Lipinski definition) is 2. The Morgan fingerprint density at radius 1 is 1.24 bits per heavy atom. The van der Waals surface area contributed by atoms with E-state index in [9.17, 15) is 14.9 Å². The molecule has 0 heterocycles. The van der Waals surface area contributed by atoms with Gasteiger partial charge in [0.15, 0.2) is 11.7 Å². The van der Waals surface area contributed by atoms with Crippen LogP contribution in [0.4, 0.5) is 11.4 Å². The summed E-state index contributed by atoms with van der Waals surface area (Å²) in [7, 11) is 0. The predicted molar refractivity (Wildman–Crippen MR) is 98.9 cm³/mol. The number of thiocarbonyl (C=S) groups is 1. The molecule has 7 nitrogen and oxygen atoms in total. The van der Waals surface area contributed by atoms with Crippen molar-refractivity contribution in [3.63, 3.8) is 0 Å². The first-order valence-electron chi connectivity index (χ1n) is 7.41. The Morgan fingerprint density at radius 2 is 1.96 bits per heavy atom. The summed E-state index contributed by atoms with van der Waals surface area (Å²) in [5.74, 6) is 0.158. The van der Waals surface area contributed by atoms with E-state index in [0.717, 1.165) is 5.56 Å². The van der Waals surface area contributed by atoms with Crippen molar-refractivity contribution in [2.75, 3.05) is 11.9 Å². The predicted octanol–water partition coefficient (Wildman–Crippen LogP) is 3.10. The van der Waals surface area contributed by atoms with Crippen LogP contribution in [-0.4, -0.2) is 22.5 Å². The summed E-state index contributed by atoms with van der Waals surface area (Å²) in [6.07, 6.45) is 0. The molecule has 0 aliphatic heterocycles. The summed E-state index contributed by atoms with van der Waals surface area (Å²) in [5.41, 5.74) is 1.89. The standard InChI is InChI=1S/C17H17N3O4S/c1-11-5-3-6-13(9-11)24-10-16(21)19-17(25)18-14-7-4-8-15(12(14)2)20(22)23/h3-9H,10H2,1-2H3,(H2,18,19,21,25). The van der Waals surface area contributed by atoms with Gasteiger partial charge in [0.1, 0.15) is 5.75 Å². The molecular formula is C17H17N3O4S. The van der Waals surface area contributed by atoms with E-state index >= 15 is 0 Å². The summed E-state index contributed by atoms with van der Waals surface area (Å²) in [6, 6.07) is 11.9. The third-order valence-corrected chi connectivity index (χ3v) is 3.57. The van der Waals surface area contributed by atoms with Gasteiger partial charge in [0.05, 0.1) is 16.2 Å². The van der Waals surface area contributed by atoms with E-state index in [1.807, 2.05) is 25.1 Å². The molecule has 25 heavy (non-hydrogen) atoms. The van der Waals surface area contributed by atoms with Crippen molar-refractivity contribution >= 4 is 34.6 Å². The van der Waals surface area contributed by atoms with E-state index in [1.54, 1.807) is 25.1 Å². The largest absolute Gasteiger partial charge is 0.484 e. The Kier molecular flexibility index (Phi) is 6.02. The number of nitrogens with one attached hydrogen (secondary N) is 2. The SMILES string of the molecule is Cc1cccc(OCC(=O)NC(=S)Nc2cccc([N+](=O)[O-])c2C)c1. The fraction of sp³-hybridized carbons (Fsp3) is 0.176. The molecule has 0 aliphatic rings. The van der Waals surface area contributed by atoms with Crippen molar-refractivity contribution in [1.82, 2.24) is 5.32 Å². The van der Waals surface area contributed by atoms with Crippen molar-refractivity contribution in [1.29, 1.82) is 0 Å². The fourth-order valence-electron chi connectivity index (χ4n) is 2.13. The summed E-state index contributed by atoms with van der Waals surface area (Å²) >= 11 is 5.06. The van der Waals surface area contributed by atoms with Gasteiger partial charge in [-0.15, -0.1) is 0 Å². The Labute approximate surface area is 150 Å². The number of nitro benzene ring substituents is 1. The zero-order valence-electron chi connectivity index (χ0n) is 13.7. The van der Waals surface area contributed by atoms with Gasteiger partial charge in [-0.25, -0.2) is 0 Å². The van der Waals surface area contributed by atoms with Crippen LogP contribution in [-0.2, 0) is 4.79 Å². The number of rotatable bonds is 5. The van der Waals surface area contributed by atoms with Crippen LogP contribution in [0, 0.1) is 24.0 Å². The second-order valence-corrected chi connectivity index (χ2v) is 5.72. The number of anilines is 1. The molecule has 2 rings (SSSR count). The first-order chi connectivity index (χ1) is 11.9. The Hall–Kier alpha value is -3.00. The zero-order valence-corrected chi connectivity index (χ0v) is 14.6. The molecule has 2 aromatic rings. The van der Waals surface area contributed by atoms with E-state index in [0.29, 0.717) is 17.0 Å². The minimum Gasteiger partial charge on any atom is -0.484 e. The number of benzene rings is 2. The van der Waals surface area contributed by atoms with Crippen molar-refractivity contribution in [2.45, 2.75) is 13.8 Å². The average Bonchev–Trinajstić information content (AvgIpc) is 2.54. The maximum atomic E-state index is 11.9. The van der Waals surface area contributed by atoms with E-state index < -0.39 is 10.8 Å². The van der Waals surface area contributed by atoms with Crippen molar-refractivity contribution < 1.29 is 14.5 Å². The van der Waals surface area contributed by atoms with Gasteiger partial charge in [-0.2, -0.15) is 0 Å². The van der Waals surface area contributed by atoms with Gasteiger partial charge in [-0.05, 0) is 49.8 Å². The lowest BCUT2D eigenvalue weighted by Gasteiger charge is -2.12. The number of ether oxygens (including phenoxy) is 1. The molecule has 130 valence electrons. The molecule has 0 saturated heterocycles. The molecule has 0 bridgehead atoms. The number of carbonyl (C=O) groups excluding carboxylic acids is 1. The topological polar surface area (TPSA) is 93.5 Å². The lowest BCUT2D eigenvalue weighted by atomic mass is 10.1. The number of nitrogens with zero attached hydrogens (tertiary/aromatic N) is 1. The van der Waals surface area contributed by atoms with Gasteiger partial charge in [0, 0.05) is 6.07 Å². The van der Waals surface area contributed by atoms with Crippen LogP contribution >= 0.6 is 12.2 Å². The molecule has 0 saturated carbocycles. The molecule has 0 atom stereocenters. The number of nitro groups is 1. The van der Waals surface area contributed by atoms with Crippen LogP contribution in [0.3, 0.4) is 0 Å². The Bertz CT molecular complexity index is 823. The Balaban J connectivity index is 1.91. The number of hydrogen-bond acceptors (Lipinski definition) is 5. The maximum Gasteiger partial charge on any atom is 0.274 e. The minimum absolute atomic E-state index is 0.0260. The number of amides is 1. The highest BCUT2D eigenvalue weighted by Gasteiger charge is 2.14. The molecule has 1 amide bonds. The van der Waals surface area contributed by atoms with Gasteiger partial charge < -0.3 is 10.1 Å². The van der Waals surface area contributed by atoms with E-state index in [1.165, 1.54) is 6.07 Å². The summed E-state index contributed by atoms with van der Waals surface area (Å²) in [6.45, 7) is 3.33. The van der Waals surface area contributed by atoms with Gasteiger partial charge in [-0.3, -0.25) is 20.2 Å². The van der Waals surface area contributed by atoms with Gasteiger partial charge >= 0.3 is 0 Å². The highest BCUT2D eigenvalue weighted by molar-refractivity contribution is 7.80. The summed E-state index contributed by atoms with van der Waals surface area (Å²) in [4.78, 5) is 22.4. The second kappa shape index (κ2) is 8.20. The smallest absolute Gasteiger partial charge is 0.274 e.